The first-order chi connectivity index (χ1) is 9.52. The number of thiophene rings is 1. The van der Waals surface area contributed by atoms with Crippen LogP contribution in [-0.2, 0) is 4.74 Å². The van der Waals surface area contributed by atoms with Gasteiger partial charge in [-0.2, -0.15) is 0 Å². The maximum Gasteiger partial charge on any atom is 0.341 e. The molecular weight excluding hydrogens is 302 g/mol. The minimum Gasteiger partial charge on any atom is -0.462 e. The van der Waals surface area contributed by atoms with E-state index in [1.54, 1.807) is 13.0 Å². The molecule has 0 aliphatic carbocycles. The van der Waals surface area contributed by atoms with Crippen LogP contribution in [0.25, 0.3) is 0 Å². The van der Waals surface area contributed by atoms with Gasteiger partial charge in [0.15, 0.2) is 0 Å². The molecule has 0 atom stereocenters. The van der Waals surface area contributed by atoms with Crippen LogP contribution >= 0.6 is 22.9 Å². The van der Waals surface area contributed by atoms with E-state index >= 15 is 0 Å². The number of hydrogen-bond donors (Lipinski definition) is 1. The van der Waals surface area contributed by atoms with Crippen molar-refractivity contribution in [2.75, 3.05) is 11.9 Å². The largest absolute Gasteiger partial charge is 0.462 e. The summed E-state index contributed by atoms with van der Waals surface area (Å²) in [5, 5.41) is 3.09. The fourth-order valence-electron chi connectivity index (χ4n) is 1.59. The van der Waals surface area contributed by atoms with Gasteiger partial charge in [-0.05, 0) is 37.6 Å². The highest BCUT2D eigenvalue weighted by molar-refractivity contribution is 7.16. The molecule has 2 rings (SSSR count). The summed E-state index contributed by atoms with van der Waals surface area (Å²) in [6.07, 6.45) is 1.32. The van der Waals surface area contributed by atoms with E-state index < -0.39 is 11.9 Å². The highest BCUT2D eigenvalue weighted by atomic mass is 35.5. The Labute approximate surface area is 124 Å². The number of anilines is 1. The number of carbonyl (C=O) groups excluding carboxylic acids is 2. The molecule has 0 saturated carbocycles. The van der Waals surface area contributed by atoms with Crippen molar-refractivity contribution < 1.29 is 18.7 Å². The Morgan fingerprint density at radius 2 is 2.20 bits per heavy atom. The number of furan rings is 1. The molecule has 2 heterocycles. The number of amides is 1. The van der Waals surface area contributed by atoms with Gasteiger partial charge in [0.05, 0.1) is 24.0 Å². The van der Waals surface area contributed by atoms with E-state index in [0.29, 0.717) is 10.6 Å². The molecule has 0 aliphatic heterocycles. The summed E-state index contributed by atoms with van der Waals surface area (Å²) < 4.78 is 9.81. The summed E-state index contributed by atoms with van der Waals surface area (Å²) in [7, 11) is 0. The number of carbonyl (C=O) groups is 2. The third-order valence-corrected chi connectivity index (χ3v) is 3.70. The molecule has 0 aromatic carbocycles. The summed E-state index contributed by atoms with van der Waals surface area (Å²) in [4.78, 5) is 24.7. The van der Waals surface area contributed by atoms with Crippen molar-refractivity contribution in [1.82, 2.24) is 0 Å². The van der Waals surface area contributed by atoms with Crippen molar-refractivity contribution in [2.45, 2.75) is 13.8 Å². The topological polar surface area (TPSA) is 68.5 Å². The highest BCUT2D eigenvalue weighted by Crippen LogP contribution is 2.29. The van der Waals surface area contributed by atoms with Crippen LogP contribution in [0.15, 0.2) is 22.8 Å². The number of rotatable bonds is 4. The lowest BCUT2D eigenvalue weighted by atomic mass is 10.2. The Hall–Kier alpha value is -1.79. The maximum absolute atomic E-state index is 12.0. The van der Waals surface area contributed by atoms with Gasteiger partial charge < -0.3 is 14.5 Å². The molecule has 20 heavy (non-hydrogen) atoms. The van der Waals surface area contributed by atoms with Gasteiger partial charge in [0.1, 0.15) is 5.00 Å². The van der Waals surface area contributed by atoms with E-state index in [4.69, 9.17) is 20.8 Å². The Balaban J connectivity index is 2.23. The predicted molar refractivity (Wildman–Crippen MR) is 76.7 cm³/mol. The minimum atomic E-state index is -0.467. The molecule has 0 unspecified atom stereocenters. The quantitative estimate of drug-likeness (QED) is 0.873. The molecule has 106 valence electrons. The molecule has 0 bridgehead atoms. The van der Waals surface area contributed by atoms with Gasteiger partial charge in [0.2, 0.25) is 5.22 Å². The summed E-state index contributed by atoms with van der Waals surface area (Å²) in [5.74, 6) is -0.901. The second-order valence-corrected chi connectivity index (χ2v) is 5.48. The molecule has 5 nitrogen and oxygen atoms in total. The van der Waals surface area contributed by atoms with E-state index in [0.717, 1.165) is 4.88 Å². The summed E-state index contributed by atoms with van der Waals surface area (Å²) in [5.41, 5.74) is 0.551. The Kier molecular flexibility index (Phi) is 4.46. The van der Waals surface area contributed by atoms with Crippen LogP contribution in [0, 0.1) is 6.92 Å². The van der Waals surface area contributed by atoms with Crippen LogP contribution in [0.1, 0.15) is 32.5 Å². The van der Waals surface area contributed by atoms with Crippen molar-refractivity contribution in [3.63, 3.8) is 0 Å². The average molecular weight is 314 g/mol. The van der Waals surface area contributed by atoms with Crippen LogP contribution < -0.4 is 5.32 Å². The predicted octanol–water partition coefficient (Wildman–Crippen LogP) is 3.73. The Morgan fingerprint density at radius 3 is 2.80 bits per heavy atom. The lowest BCUT2D eigenvalue weighted by molar-refractivity contribution is 0.0528. The van der Waals surface area contributed by atoms with Gasteiger partial charge in [-0.15, -0.1) is 11.3 Å². The van der Waals surface area contributed by atoms with Crippen LogP contribution in [0.5, 0.6) is 0 Å². The maximum atomic E-state index is 12.0. The van der Waals surface area contributed by atoms with E-state index in [-0.39, 0.29) is 17.4 Å². The molecule has 1 amide bonds. The van der Waals surface area contributed by atoms with Crippen molar-refractivity contribution in [3.8, 4) is 0 Å². The molecule has 0 aliphatic rings. The summed E-state index contributed by atoms with van der Waals surface area (Å²) >= 11 is 7.04. The monoisotopic (exact) mass is 313 g/mol. The third kappa shape index (κ3) is 3.02. The molecule has 2 aromatic rings. The van der Waals surface area contributed by atoms with Crippen LogP contribution in [-0.4, -0.2) is 18.5 Å². The molecular formula is C13H12ClNO4S. The van der Waals surface area contributed by atoms with E-state index in [1.165, 1.54) is 23.7 Å². The van der Waals surface area contributed by atoms with Crippen molar-refractivity contribution >= 4 is 39.8 Å². The SMILES string of the molecule is CCOC(=O)c1cc(C)sc1NC(=O)c1ccoc1Cl. The van der Waals surface area contributed by atoms with Gasteiger partial charge in [-0.1, -0.05) is 0 Å². The number of esters is 1. The smallest absolute Gasteiger partial charge is 0.341 e. The van der Waals surface area contributed by atoms with Crippen molar-refractivity contribution in [1.29, 1.82) is 0 Å². The number of hydrogen-bond acceptors (Lipinski definition) is 5. The van der Waals surface area contributed by atoms with Crippen LogP contribution in [0.3, 0.4) is 0 Å². The van der Waals surface area contributed by atoms with E-state index in [1.807, 2.05) is 6.92 Å². The fraction of sp³-hybridized carbons (Fsp3) is 0.231. The zero-order valence-electron chi connectivity index (χ0n) is 10.9. The minimum absolute atomic E-state index is 0.00784. The highest BCUT2D eigenvalue weighted by Gasteiger charge is 2.20. The van der Waals surface area contributed by atoms with Crippen LogP contribution in [0.2, 0.25) is 5.22 Å². The fourth-order valence-corrected chi connectivity index (χ4v) is 2.69. The number of halogens is 1. The van der Waals surface area contributed by atoms with Crippen molar-refractivity contribution in [2.24, 2.45) is 0 Å². The Morgan fingerprint density at radius 1 is 1.45 bits per heavy atom. The molecule has 0 fully saturated rings. The molecule has 0 saturated heterocycles. The van der Waals surface area contributed by atoms with Gasteiger partial charge in [0.25, 0.3) is 5.91 Å². The first-order valence-corrected chi connectivity index (χ1v) is 7.04. The number of nitrogens with one attached hydrogen (secondary N) is 1. The zero-order valence-corrected chi connectivity index (χ0v) is 12.4. The second kappa shape index (κ2) is 6.11. The zero-order chi connectivity index (χ0) is 14.7. The second-order valence-electron chi connectivity index (χ2n) is 3.88. The lowest BCUT2D eigenvalue weighted by Crippen LogP contribution is -2.13. The van der Waals surface area contributed by atoms with Crippen LogP contribution in [0.4, 0.5) is 5.00 Å². The molecule has 1 N–H and O–H groups in total. The van der Waals surface area contributed by atoms with Gasteiger partial charge in [0, 0.05) is 4.88 Å². The number of ether oxygens (including phenoxy) is 1. The van der Waals surface area contributed by atoms with Gasteiger partial charge in [-0.3, -0.25) is 4.79 Å². The first kappa shape index (κ1) is 14.6. The molecule has 2 aromatic heterocycles. The van der Waals surface area contributed by atoms with Gasteiger partial charge in [-0.25, -0.2) is 4.79 Å². The standard InChI is InChI=1S/C13H12ClNO4S/c1-3-18-13(17)9-6-7(2)20-12(9)15-11(16)8-4-5-19-10(8)14/h4-6H,3H2,1-2H3,(H,15,16). The first-order valence-electron chi connectivity index (χ1n) is 5.84. The van der Waals surface area contributed by atoms with Gasteiger partial charge >= 0.3 is 5.97 Å². The summed E-state index contributed by atoms with van der Waals surface area (Å²) in [6.45, 7) is 3.84. The Bertz CT molecular complexity index is 647. The normalized spacial score (nSPS) is 10.3. The lowest BCUT2D eigenvalue weighted by Gasteiger charge is -2.05. The number of aryl methyl sites for hydroxylation is 1. The third-order valence-electron chi connectivity index (χ3n) is 2.44. The summed E-state index contributed by atoms with van der Waals surface area (Å²) in [6, 6.07) is 3.14. The molecule has 0 radical (unpaired) electrons. The van der Waals surface area contributed by atoms with Crippen molar-refractivity contribution in [3.05, 3.63) is 39.6 Å². The average Bonchev–Trinajstić information content (AvgIpc) is 2.96. The molecule has 0 spiro atoms. The van der Waals surface area contributed by atoms with E-state index in [2.05, 4.69) is 5.32 Å². The van der Waals surface area contributed by atoms with E-state index in [9.17, 15) is 9.59 Å². The molecule has 7 heteroatoms.